The number of nitrogens with zero attached hydrogens (tertiary/aromatic N) is 1. The van der Waals surface area contributed by atoms with Crippen LogP contribution in [-0.2, 0) is 17.8 Å². The van der Waals surface area contributed by atoms with E-state index < -0.39 is 22.6 Å². The Morgan fingerprint density at radius 1 is 1.18 bits per heavy atom. The fraction of sp³-hybridized carbons (Fsp3) is 0.176. The van der Waals surface area contributed by atoms with Crippen LogP contribution in [0.25, 0.3) is 22.0 Å². The molecule has 150 valence electrons. The van der Waals surface area contributed by atoms with Crippen molar-refractivity contribution in [3.8, 4) is 22.8 Å². The molecule has 0 fully saturated rings. The summed E-state index contributed by atoms with van der Waals surface area (Å²) in [5, 5.41) is 6.99. The average molecular weight is 429 g/mol. The van der Waals surface area contributed by atoms with E-state index in [1.54, 1.807) is 12.1 Å². The summed E-state index contributed by atoms with van der Waals surface area (Å²) in [4.78, 5) is 12.1. The third-order valence-electron chi connectivity index (χ3n) is 3.98. The SMILES string of the molecule is COc1cc2c(-c3ccc(CNS(=O)[O-])cc3F)n[nH]c(=O)c2cc1OC.Cl. The van der Waals surface area contributed by atoms with Gasteiger partial charge in [-0.15, -0.1) is 12.4 Å². The fourth-order valence-electron chi connectivity index (χ4n) is 2.70. The van der Waals surface area contributed by atoms with E-state index in [9.17, 15) is 17.9 Å². The highest BCUT2D eigenvalue weighted by Gasteiger charge is 2.16. The lowest BCUT2D eigenvalue weighted by Gasteiger charge is -2.12. The van der Waals surface area contributed by atoms with E-state index in [0.29, 0.717) is 22.4 Å². The highest BCUT2D eigenvalue weighted by atomic mass is 35.5. The van der Waals surface area contributed by atoms with E-state index in [-0.39, 0.29) is 35.6 Å². The van der Waals surface area contributed by atoms with Gasteiger partial charge in [-0.3, -0.25) is 9.00 Å². The molecule has 8 nitrogen and oxygen atoms in total. The molecular weight excluding hydrogens is 413 g/mol. The van der Waals surface area contributed by atoms with Crippen LogP contribution >= 0.6 is 12.4 Å². The Bertz CT molecular complexity index is 1090. The highest BCUT2D eigenvalue weighted by Crippen LogP contribution is 2.35. The molecule has 1 atom stereocenters. The number of ether oxygens (including phenoxy) is 2. The van der Waals surface area contributed by atoms with Crippen LogP contribution in [0.15, 0.2) is 35.1 Å². The molecule has 0 amide bonds. The number of benzene rings is 2. The van der Waals surface area contributed by atoms with Crippen molar-refractivity contribution in [2.75, 3.05) is 14.2 Å². The van der Waals surface area contributed by atoms with Gasteiger partial charge in [-0.2, -0.15) is 5.10 Å². The summed E-state index contributed by atoms with van der Waals surface area (Å²) in [6, 6.07) is 7.29. The highest BCUT2D eigenvalue weighted by molar-refractivity contribution is 7.77. The molecule has 1 heterocycles. The minimum Gasteiger partial charge on any atom is -0.760 e. The van der Waals surface area contributed by atoms with E-state index in [0.717, 1.165) is 0 Å². The van der Waals surface area contributed by atoms with Gasteiger partial charge in [0, 0.05) is 28.8 Å². The first-order valence-electron chi connectivity index (χ1n) is 7.70. The predicted molar refractivity (Wildman–Crippen MR) is 104 cm³/mol. The number of methoxy groups -OCH3 is 2. The third kappa shape index (κ3) is 4.30. The summed E-state index contributed by atoms with van der Waals surface area (Å²) in [5.41, 5.74) is 0.354. The minimum absolute atomic E-state index is 0. The second-order valence-corrected chi connectivity index (χ2v) is 6.28. The van der Waals surface area contributed by atoms with Crippen LogP contribution in [0.2, 0.25) is 0 Å². The van der Waals surface area contributed by atoms with Gasteiger partial charge in [-0.25, -0.2) is 14.2 Å². The van der Waals surface area contributed by atoms with Crippen molar-refractivity contribution in [1.29, 1.82) is 0 Å². The molecule has 0 spiro atoms. The Balaban J connectivity index is 0.00000280. The van der Waals surface area contributed by atoms with E-state index in [4.69, 9.17) is 9.47 Å². The molecule has 3 aromatic rings. The lowest BCUT2D eigenvalue weighted by atomic mass is 10.0. The maximum Gasteiger partial charge on any atom is 0.272 e. The van der Waals surface area contributed by atoms with Crippen molar-refractivity contribution in [2.45, 2.75) is 6.54 Å². The Labute approximate surface area is 167 Å². The zero-order valence-electron chi connectivity index (χ0n) is 14.8. The van der Waals surface area contributed by atoms with Gasteiger partial charge in [0.05, 0.1) is 19.6 Å². The molecule has 28 heavy (non-hydrogen) atoms. The van der Waals surface area contributed by atoms with Gasteiger partial charge in [0.15, 0.2) is 11.5 Å². The first-order chi connectivity index (χ1) is 12.9. The van der Waals surface area contributed by atoms with Crippen molar-refractivity contribution in [1.82, 2.24) is 14.9 Å². The molecular formula is C17H16ClFN3O5S-. The van der Waals surface area contributed by atoms with Crippen molar-refractivity contribution in [3.63, 3.8) is 0 Å². The van der Waals surface area contributed by atoms with Crippen molar-refractivity contribution < 1.29 is 22.6 Å². The van der Waals surface area contributed by atoms with Gasteiger partial charge < -0.3 is 14.0 Å². The van der Waals surface area contributed by atoms with E-state index >= 15 is 0 Å². The monoisotopic (exact) mass is 428 g/mol. The van der Waals surface area contributed by atoms with Crippen LogP contribution in [-0.4, -0.2) is 33.2 Å². The molecule has 2 N–H and O–H groups in total. The number of fused-ring (bicyclic) bond motifs is 1. The summed E-state index contributed by atoms with van der Waals surface area (Å²) in [6.07, 6.45) is 0. The lowest BCUT2D eigenvalue weighted by Crippen LogP contribution is -2.15. The zero-order valence-corrected chi connectivity index (χ0v) is 16.4. The van der Waals surface area contributed by atoms with Crippen molar-refractivity contribution >= 4 is 34.4 Å². The van der Waals surface area contributed by atoms with Crippen molar-refractivity contribution in [3.05, 3.63) is 52.1 Å². The number of halogens is 2. The molecule has 0 bridgehead atoms. The summed E-state index contributed by atoms with van der Waals surface area (Å²) >= 11 is -2.44. The molecule has 0 aliphatic carbocycles. The summed E-state index contributed by atoms with van der Waals surface area (Å²) in [7, 11) is 2.90. The lowest BCUT2D eigenvalue weighted by molar-refractivity contribution is 0.356. The average Bonchev–Trinajstić information content (AvgIpc) is 2.66. The molecule has 11 heteroatoms. The Hall–Kier alpha value is -2.53. The number of hydrogen-bond acceptors (Lipinski definition) is 6. The first kappa shape index (κ1) is 21.8. The second kappa shape index (κ2) is 9.11. The molecule has 1 unspecified atom stereocenters. The molecule has 0 saturated heterocycles. The van der Waals surface area contributed by atoms with Gasteiger partial charge >= 0.3 is 0 Å². The molecule has 0 radical (unpaired) electrons. The quantitative estimate of drug-likeness (QED) is 0.580. The third-order valence-corrected chi connectivity index (χ3v) is 4.36. The largest absolute Gasteiger partial charge is 0.760 e. The normalized spacial score (nSPS) is 11.7. The van der Waals surface area contributed by atoms with E-state index in [1.165, 1.54) is 32.4 Å². The minimum atomic E-state index is -2.44. The molecule has 3 rings (SSSR count). The number of aromatic nitrogens is 2. The first-order valence-corrected chi connectivity index (χ1v) is 8.78. The Kier molecular flexibility index (Phi) is 7.08. The Morgan fingerprint density at radius 3 is 2.39 bits per heavy atom. The maximum atomic E-state index is 14.6. The van der Waals surface area contributed by atoms with Crippen LogP contribution in [0.4, 0.5) is 4.39 Å². The van der Waals surface area contributed by atoms with Crippen LogP contribution in [0.5, 0.6) is 11.5 Å². The second-order valence-electron chi connectivity index (χ2n) is 5.52. The molecule has 0 aliphatic rings. The van der Waals surface area contributed by atoms with Gasteiger partial charge in [-0.1, -0.05) is 6.07 Å². The fourth-order valence-corrected chi connectivity index (χ4v) is 2.98. The van der Waals surface area contributed by atoms with E-state index in [1.807, 2.05) is 0 Å². The molecule has 0 saturated carbocycles. The van der Waals surface area contributed by atoms with Crippen LogP contribution in [0, 0.1) is 5.82 Å². The molecule has 1 aromatic heterocycles. The number of hydrogen-bond donors (Lipinski definition) is 2. The van der Waals surface area contributed by atoms with E-state index in [2.05, 4.69) is 14.9 Å². The van der Waals surface area contributed by atoms with Crippen molar-refractivity contribution in [2.24, 2.45) is 0 Å². The molecule has 2 aromatic carbocycles. The maximum absolute atomic E-state index is 14.6. The Morgan fingerprint density at radius 2 is 1.82 bits per heavy atom. The van der Waals surface area contributed by atoms with Gasteiger partial charge in [0.25, 0.3) is 5.56 Å². The van der Waals surface area contributed by atoms with Crippen LogP contribution in [0.3, 0.4) is 0 Å². The van der Waals surface area contributed by atoms with Crippen LogP contribution in [0.1, 0.15) is 5.56 Å². The standard InChI is InChI=1S/C17H16FN3O5S.ClH/c1-25-14-6-11-12(7-15(14)26-2)17(22)21-20-16(11)10-4-3-9(5-13(10)18)8-19-27(23)24;/h3-7,19H,8H2,1-2H3,(H,21,22)(H,23,24);1H/p-1. The van der Waals surface area contributed by atoms with Crippen LogP contribution < -0.4 is 19.8 Å². The van der Waals surface area contributed by atoms with Gasteiger partial charge in [-0.05, 0) is 29.8 Å². The van der Waals surface area contributed by atoms with Gasteiger partial charge in [0.1, 0.15) is 11.5 Å². The number of rotatable bonds is 6. The number of aromatic amines is 1. The predicted octanol–water partition coefficient (Wildman–Crippen LogP) is 2.05. The van der Waals surface area contributed by atoms with Gasteiger partial charge in [0.2, 0.25) is 0 Å². The number of H-pyrrole nitrogens is 1. The summed E-state index contributed by atoms with van der Waals surface area (Å²) in [6.45, 7) is -0.0435. The smallest absolute Gasteiger partial charge is 0.272 e. The summed E-state index contributed by atoms with van der Waals surface area (Å²) in [5.74, 6) is 0.125. The number of nitrogens with one attached hydrogen (secondary N) is 2. The molecule has 0 aliphatic heterocycles. The topological polar surface area (TPSA) is 116 Å². The zero-order chi connectivity index (χ0) is 19.6. The summed E-state index contributed by atoms with van der Waals surface area (Å²) < 4.78 is 48.4.